The van der Waals surface area contributed by atoms with Gasteiger partial charge in [0.25, 0.3) is 0 Å². The Bertz CT molecular complexity index is 620. The third kappa shape index (κ3) is 4.05. The number of halogens is 1. The van der Waals surface area contributed by atoms with Crippen molar-refractivity contribution in [2.45, 2.75) is 26.4 Å². The molecule has 0 atom stereocenters. The predicted molar refractivity (Wildman–Crippen MR) is 78.1 cm³/mol. The zero-order chi connectivity index (χ0) is 15.2. The fraction of sp³-hybridized carbons (Fsp3) is 0.235. The molecule has 0 saturated heterocycles. The smallest absolute Gasteiger partial charge is 0.338 e. The van der Waals surface area contributed by atoms with Crippen molar-refractivity contribution in [1.82, 2.24) is 0 Å². The fourth-order valence-corrected chi connectivity index (χ4v) is 2.03. The van der Waals surface area contributed by atoms with Crippen LogP contribution in [0.25, 0.3) is 0 Å². The molecule has 0 radical (unpaired) electrons. The molecule has 21 heavy (non-hydrogen) atoms. The molecule has 0 aliphatic carbocycles. The van der Waals surface area contributed by atoms with E-state index < -0.39 is 11.8 Å². The molecule has 2 aromatic carbocycles. The summed E-state index contributed by atoms with van der Waals surface area (Å²) in [5, 5.41) is 8.88. The number of ether oxygens (including phenoxy) is 1. The van der Waals surface area contributed by atoms with Crippen LogP contribution in [0.3, 0.4) is 0 Å². The molecule has 0 aromatic heterocycles. The molecule has 3 nitrogen and oxygen atoms in total. The van der Waals surface area contributed by atoms with Crippen molar-refractivity contribution in [2.75, 3.05) is 0 Å². The van der Waals surface area contributed by atoms with Crippen LogP contribution in [0.2, 0.25) is 0 Å². The topological polar surface area (TPSA) is 46.5 Å². The van der Waals surface area contributed by atoms with Crippen LogP contribution >= 0.6 is 0 Å². The Morgan fingerprint density at radius 3 is 2.43 bits per heavy atom. The van der Waals surface area contributed by atoms with E-state index in [9.17, 15) is 9.18 Å². The molecule has 0 aliphatic heterocycles. The molecular weight excluding hydrogens is 271 g/mol. The maximum absolute atomic E-state index is 13.3. The first-order chi connectivity index (χ1) is 10.1. The number of hydrogen-bond donors (Lipinski definition) is 1. The summed E-state index contributed by atoms with van der Waals surface area (Å²) in [5.41, 5.74) is 1.53. The first kappa shape index (κ1) is 15.0. The number of carboxylic acids is 1. The molecule has 4 heteroatoms. The van der Waals surface area contributed by atoms with Crippen LogP contribution in [0.1, 0.15) is 34.8 Å². The zero-order valence-corrected chi connectivity index (χ0v) is 11.8. The van der Waals surface area contributed by atoms with Crippen molar-refractivity contribution in [3.63, 3.8) is 0 Å². The van der Waals surface area contributed by atoms with E-state index >= 15 is 0 Å². The summed E-state index contributed by atoms with van der Waals surface area (Å²) in [7, 11) is 0. The Hall–Kier alpha value is -2.36. The molecule has 0 amide bonds. The van der Waals surface area contributed by atoms with Crippen LogP contribution < -0.4 is 4.74 Å². The van der Waals surface area contributed by atoms with Crippen LogP contribution in [0, 0.1) is 5.82 Å². The Morgan fingerprint density at radius 2 is 1.81 bits per heavy atom. The van der Waals surface area contributed by atoms with Gasteiger partial charge in [-0.05, 0) is 41.8 Å². The fourth-order valence-electron chi connectivity index (χ4n) is 2.03. The predicted octanol–water partition coefficient (Wildman–Crippen LogP) is 4.06. The lowest BCUT2D eigenvalue weighted by atomic mass is 10.1. The van der Waals surface area contributed by atoms with Crippen LogP contribution in [0.15, 0.2) is 42.5 Å². The van der Waals surface area contributed by atoms with Gasteiger partial charge in [-0.15, -0.1) is 0 Å². The summed E-state index contributed by atoms with van der Waals surface area (Å²) in [4.78, 5) is 10.9. The minimum atomic E-state index is -1.28. The van der Waals surface area contributed by atoms with Gasteiger partial charge in [0, 0.05) is 0 Å². The van der Waals surface area contributed by atoms with Gasteiger partial charge in [-0.3, -0.25) is 0 Å². The molecule has 0 fully saturated rings. The van der Waals surface area contributed by atoms with Gasteiger partial charge in [-0.1, -0.05) is 31.5 Å². The van der Waals surface area contributed by atoms with E-state index in [0.717, 1.165) is 18.9 Å². The van der Waals surface area contributed by atoms with Crippen molar-refractivity contribution in [3.05, 3.63) is 65.0 Å². The number of aromatic carboxylic acids is 1. The normalized spacial score (nSPS) is 10.4. The summed E-state index contributed by atoms with van der Waals surface area (Å²) in [6.45, 7) is 2.33. The lowest BCUT2D eigenvalue weighted by Gasteiger charge is -2.08. The second-order valence-corrected chi connectivity index (χ2v) is 4.80. The highest BCUT2D eigenvalue weighted by Crippen LogP contribution is 2.17. The second kappa shape index (κ2) is 6.88. The molecule has 2 rings (SSSR count). The molecule has 0 unspecified atom stereocenters. The Balaban J connectivity index is 2.02. The Labute approximate surface area is 123 Å². The molecule has 1 N–H and O–H groups in total. The minimum Gasteiger partial charge on any atom is -0.489 e. The second-order valence-electron chi connectivity index (χ2n) is 4.80. The number of carboxylic acid groups (broad SMARTS) is 1. The van der Waals surface area contributed by atoms with Crippen LogP contribution in [-0.4, -0.2) is 11.1 Å². The number of carbonyl (C=O) groups is 1. The maximum Gasteiger partial charge on any atom is 0.338 e. The summed E-state index contributed by atoms with van der Waals surface area (Å²) in [6.07, 6.45) is 2.12. The SMILES string of the molecule is CCCc1ccc(OCc2ccc(F)c(C(=O)O)c2)cc1. The van der Waals surface area contributed by atoms with Crippen molar-refractivity contribution < 1.29 is 19.0 Å². The minimum absolute atomic E-state index is 0.202. The van der Waals surface area contributed by atoms with Crippen molar-refractivity contribution in [1.29, 1.82) is 0 Å². The first-order valence-electron chi connectivity index (χ1n) is 6.83. The van der Waals surface area contributed by atoms with Crippen molar-refractivity contribution in [3.8, 4) is 5.75 Å². The first-order valence-corrected chi connectivity index (χ1v) is 6.83. The number of benzene rings is 2. The average Bonchev–Trinajstić information content (AvgIpc) is 2.48. The number of rotatable bonds is 6. The van der Waals surface area contributed by atoms with Gasteiger partial charge in [0.2, 0.25) is 0 Å². The zero-order valence-electron chi connectivity index (χ0n) is 11.8. The highest BCUT2D eigenvalue weighted by atomic mass is 19.1. The van der Waals surface area contributed by atoms with Gasteiger partial charge < -0.3 is 9.84 Å². The van der Waals surface area contributed by atoms with E-state index in [2.05, 4.69) is 6.92 Å². The third-order valence-corrected chi connectivity index (χ3v) is 3.13. The molecular formula is C17H17FO3. The molecule has 2 aromatic rings. The standard InChI is InChI=1S/C17H17FO3/c1-2-3-12-4-7-14(8-5-12)21-11-13-6-9-16(18)15(10-13)17(19)20/h4-10H,2-3,11H2,1H3,(H,19,20). The summed E-state index contributed by atoms with van der Waals surface area (Å²) in [5.74, 6) is -1.32. The molecule has 0 spiro atoms. The lowest BCUT2D eigenvalue weighted by Crippen LogP contribution is -2.03. The molecule has 0 aliphatic rings. The van der Waals surface area contributed by atoms with Gasteiger partial charge in [0.05, 0.1) is 5.56 Å². The van der Waals surface area contributed by atoms with E-state index in [1.54, 1.807) is 0 Å². The van der Waals surface area contributed by atoms with Gasteiger partial charge in [-0.2, -0.15) is 0 Å². The maximum atomic E-state index is 13.3. The van der Waals surface area contributed by atoms with Crippen molar-refractivity contribution in [2.24, 2.45) is 0 Å². The van der Waals surface area contributed by atoms with Gasteiger partial charge in [0.15, 0.2) is 0 Å². The van der Waals surface area contributed by atoms with Crippen LogP contribution in [0.5, 0.6) is 5.75 Å². The summed E-state index contributed by atoms with van der Waals surface area (Å²) in [6, 6.07) is 11.7. The lowest BCUT2D eigenvalue weighted by molar-refractivity contribution is 0.0691. The van der Waals surface area contributed by atoms with Crippen molar-refractivity contribution >= 4 is 5.97 Å². The summed E-state index contributed by atoms with van der Waals surface area (Å²) < 4.78 is 18.9. The van der Waals surface area contributed by atoms with Gasteiger partial charge in [-0.25, -0.2) is 9.18 Å². The van der Waals surface area contributed by atoms with Crippen LogP contribution in [0.4, 0.5) is 4.39 Å². The third-order valence-electron chi connectivity index (χ3n) is 3.13. The Kier molecular flexibility index (Phi) is 4.93. The van der Waals surface area contributed by atoms with E-state index in [1.807, 2.05) is 24.3 Å². The highest BCUT2D eigenvalue weighted by Gasteiger charge is 2.10. The van der Waals surface area contributed by atoms with E-state index in [0.29, 0.717) is 11.3 Å². The largest absolute Gasteiger partial charge is 0.489 e. The molecule has 110 valence electrons. The summed E-state index contributed by atoms with van der Waals surface area (Å²) >= 11 is 0. The van der Waals surface area contributed by atoms with Gasteiger partial charge >= 0.3 is 5.97 Å². The molecule has 0 saturated carbocycles. The Morgan fingerprint density at radius 1 is 1.14 bits per heavy atom. The monoisotopic (exact) mass is 288 g/mol. The van der Waals surface area contributed by atoms with E-state index in [4.69, 9.17) is 9.84 Å². The van der Waals surface area contributed by atoms with Crippen LogP contribution in [-0.2, 0) is 13.0 Å². The molecule has 0 bridgehead atoms. The van der Waals surface area contributed by atoms with E-state index in [-0.39, 0.29) is 12.2 Å². The number of aryl methyl sites for hydroxylation is 1. The van der Waals surface area contributed by atoms with E-state index in [1.165, 1.54) is 17.7 Å². The molecule has 0 heterocycles. The highest BCUT2D eigenvalue weighted by molar-refractivity contribution is 5.88. The van der Waals surface area contributed by atoms with Gasteiger partial charge in [0.1, 0.15) is 18.2 Å². The number of hydrogen-bond acceptors (Lipinski definition) is 2. The quantitative estimate of drug-likeness (QED) is 0.872. The average molecular weight is 288 g/mol.